The molecule has 1 aromatic heterocycles. The van der Waals surface area contributed by atoms with Gasteiger partial charge in [0, 0.05) is 12.1 Å². The summed E-state index contributed by atoms with van der Waals surface area (Å²) >= 11 is 0. The van der Waals surface area contributed by atoms with Crippen LogP contribution >= 0.6 is 0 Å². The second kappa shape index (κ2) is 5.53. The van der Waals surface area contributed by atoms with Gasteiger partial charge in [0.05, 0.1) is 17.7 Å². The van der Waals surface area contributed by atoms with E-state index in [1.165, 1.54) is 0 Å². The van der Waals surface area contributed by atoms with Gasteiger partial charge in [-0.05, 0) is 34.6 Å². The Morgan fingerprint density at radius 1 is 1.10 bits per heavy atom. The van der Waals surface area contributed by atoms with Gasteiger partial charge in [-0.3, -0.25) is 4.79 Å². The number of ether oxygens (including phenoxy) is 2. The molecule has 0 saturated carbocycles. The maximum absolute atomic E-state index is 12.1. The minimum Gasteiger partial charge on any atom is -0.491 e. The van der Waals surface area contributed by atoms with Crippen LogP contribution in [0.5, 0.6) is 11.5 Å². The van der Waals surface area contributed by atoms with E-state index in [4.69, 9.17) is 9.47 Å². The molecule has 0 aliphatic rings. The standard InChI is InChI=1S/C15H20N2O3/c1-8(2)19-11-6-12-14(13(7-11)20-9(3)4)15(18)17-10(5)16-12/h6-9H,1-5H3,(H,16,17,18). The number of H-pyrrole nitrogens is 1. The first-order chi connectivity index (χ1) is 9.36. The van der Waals surface area contributed by atoms with E-state index in [1.54, 1.807) is 19.1 Å². The van der Waals surface area contributed by atoms with Gasteiger partial charge in [-0.15, -0.1) is 0 Å². The molecule has 0 amide bonds. The third-order valence-corrected chi connectivity index (χ3v) is 2.60. The lowest BCUT2D eigenvalue weighted by atomic mass is 10.2. The van der Waals surface area contributed by atoms with Crippen LogP contribution in [0.2, 0.25) is 0 Å². The molecule has 0 saturated heterocycles. The zero-order chi connectivity index (χ0) is 14.9. The number of rotatable bonds is 4. The Morgan fingerprint density at radius 2 is 1.75 bits per heavy atom. The first-order valence-electron chi connectivity index (χ1n) is 6.75. The fourth-order valence-corrected chi connectivity index (χ4v) is 2.02. The van der Waals surface area contributed by atoms with Crippen LogP contribution in [0.3, 0.4) is 0 Å². The van der Waals surface area contributed by atoms with Crippen LogP contribution in [0.15, 0.2) is 16.9 Å². The van der Waals surface area contributed by atoms with Gasteiger partial charge in [0.25, 0.3) is 5.56 Å². The minimum absolute atomic E-state index is 0.0341. The number of aromatic amines is 1. The highest BCUT2D eigenvalue weighted by Crippen LogP contribution is 2.29. The molecular weight excluding hydrogens is 256 g/mol. The summed E-state index contributed by atoms with van der Waals surface area (Å²) in [5.74, 6) is 1.72. The monoisotopic (exact) mass is 276 g/mol. The SMILES string of the molecule is Cc1nc2cc(OC(C)C)cc(OC(C)C)c2c(=O)[nH]1. The second-order valence-corrected chi connectivity index (χ2v) is 5.30. The lowest BCUT2D eigenvalue weighted by molar-refractivity contribution is 0.231. The predicted octanol–water partition coefficient (Wildman–Crippen LogP) is 2.81. The van der Waals surface area contributed by atoms with Gasteiger partial charge in [-0.2, -0.15) is 0 Å². The van der Waals surface area contributed by atoms with Crippen molar-refractivity contribution in [1.29, 1.82) is 0 Å². The van der Waals surface area contributed by atoms with Crippen LogP contribution in [0.25, 0.3) is 10.9 Å². The molecule has 2 aromatic rings. The summed E-state index contributed by atoms with van der Waals surface area (Å²) in [5, 5.41) is 0.459. The largest absolute Gasteiger partial charge is 0.491 e. The van der Waals surface area contributed by atoms with E-state index in [0.29, 0.717) is 28.2 Å². The van der Waals surface area contributed by atoms with Gasteiger partial charge >= 0.3 is 0 Å². The van der Waals surface area contributed by atoms with Crippen molar-refractivity contribution in [1.82, 2.24) is 9.97 Å². The Kier molecular flexibility index (Phi) is 3.97. The molecule has 0 radical (unpaired) electrons. The highest BCUT2D eigenvalue weighted by molar-refractivity contribution is 5.85. The molecule has 1 aromatic carbocycles. The van der Waals surface area contributed by atoms with Crippen LogP contribution in [-0.4, -0.2) is 22.2 Å². The summed E-state index contributed by atoms with van der Waals surface area (Å²) in [6.45, 7) is 9.47. The molecule has 20 heavy (non-hydrogen) atoms. The molecule has 0 unspecified atom stereocenters. The average molecular weight is 276 g/mol. The minimum atomic E-state index is -0.195. The Bertz CT molecular complexity index is 675. The van der Waals surface area contributed by atoms with Gasteiger partial charge in [-0.1, -0.05) is 0 Å². The highest BCUT2D eigenvalue weighted by Gasteiger charge is 2.13. The Balaban J connectivity index is 2.67. The molecule has 0 aliphatic heterocycles. The predicted molar refractivity (Wildman–Crippen MR) is 78.6 cm³/mol. The molecule has 0 atom stereocenters. The fraction of sp³-hybridized carbons (Fsp3) is 0.467. The van der Waals surface area contributed by atoms with E-state index >= 15 is 0 Å². The Labute approximate surface area is 117 Å². The van der Waals surface area contributed by atoms with Crippen molar-refractivity contribution in [2.45, 2.75) is 46.8 Å². The molecular formula is C15H20N2O3. The van der Waals surface area contributed by atoms with Crippen LogP contribution in [-0.2, 0) is 0 Å². The molecule has 2 rings (SSSR count). The number of aryl methyl sites for hydroxylation is 1. The van der Waals surface area contributed by atoms with Crippen LogP contribution in [0.1, 0.15) is 33.5 Å². The van der Waals surface area contributed by atoms with Crippen molar-refractivity contribution in [3.63, 3.8) is 0 Å². The molecule has 108 valence electrons. The van der Waals surface area contributed by atoms with Crippen LogP contribution in [0.4, 0.5) is 0 Å². The number of aromatic nitrogens is 2. The number of benzene rings is 1. The van der Waals surface area contributed by atoms with E-state index in [9.17, 15) is 4.79 Å². The quantitative estimate of drug-likeness (QED) is 0.932. The topological polar surface area (TPSA) is 64.2 Å². The first-order valence-corrected chi connectivity index (χ1v) is 6.75. The van der Waals surface area contributed by atoms with Gasteiger partial charge in [0.2, 0.25) is 0 Å². The Morgan fingerprint density at radius 3 is 2.35 bits per heavy atom. The smallest absolute Gasteiger partial charge is 0.262 e. The third kappa shape index (κ3) is 3.10. The van der Waals surface area contributed by atoms with Gasteiger partial charge in [-0.25, -0.2) is 4.98 Å². The summed E-state index contributed by atoms with van der Waals surface area (Å²) < 4.78 is 11.4. The van der Waals surface area contributed by atoms with Crippen molar-refractivity contribution in [2.24, 2.45) is 0 Å². The van der Waals surface area contributed by atoms with Crippen LogP contribution < -0.4 is 15.0 Å². The molecule has 5 heteroatoms. The number of nitrogens with one attached hydrogen (secondary N) is 1. The van der Waals surface area contributed by atoms with E-state index in [-0.39, 0.29) is 17.8 Å². The molecule has 5 nitrogen and oxygen atoms in total. The Hall–Kier alpha value is -2.04. The summed E-state index contributed by atoms with van der Waals surface area (Å²) in [6, 6.07) is 3.51. The van der Waals surface area contributed by atoms with Crippen molar-refractivity contribution in [3.8, 4) is 11.5 Å². The second-order valence-electron chi connectivity index (χ2n) is 5.30. The van der Waals surface area contributed by atoms with Crippen molar-refractivity contribution < 1.29 is 9.47 Å². The lowest BCUT2D eigenvalue weighted by Gasteiger charge is -2.15. The fourth-order valence-electron chi connectivity index (χ4n) is 2.02. The number of hydrogen-bond donors (Lipinski definition) is 1. The van der Waals surface area contributed by atoms with E-state index in [2.05, 4.69) is 9.97 Å². The van der Waals surface area contributed by atoms with Gasteiger partial charge in [0.15, 0.2) is 0 Å². The first kappa shape index (κ1) is 14.4. The van der Waals surface area contributed by atoms with Gasteiger partial charge in [0.1, 0.15) is 22.7 Å². The summed E-state index contributed by atoms with van der Waals surface area (Å²) in [4.78, 5) is 19.2. The molecule has 0 bridgehead atoms. The molecule has 0 aliphatic carbocycles. The van der Waals surface area contributed by atoms with E-state index in [0.717, 1.165) is 0 Å². The summed E-state index contributed by atoms with van der Waals surface area (Å²) in [5.41, 5.74) is 0.388. The summed E-state index contributed by atoms with van der Waals surface area (Å²) in [6.07, 6.45) is 0.00986. The molecule has 1 N–H and O–H groups in total. The zero-order valence-electron chi connectivity index (χ0n) is 12.5. The summed E-state index contributed by atoms with van der Waals surface area (Å²) in [7, 11) is 0. The highest BCUT2D eigenvalue weighted by atomic mass is 16.5. The number of nitrogens with zero attached hydrogens (tertiary/aromatic N) is 1. The van der Waals surface area contributed by atoms with Crippen molar-refractivity contribution in [3.05, 3.63) is 28.3 Å². The van der Waals surface area contributed by atoms with Crippen LogP contribution in [0, 0.1) is 6.92 Å². The number of hydrogen-bond acceptors (Lipinski definition) is 4. The number of fused-ring (bicyclic) bond motifs is 1. The normalized spacial score (nSPS) is 11.3. The maximum atomic E-state index is 12.1. The maximum Gasteiger partial charge on any atom is 0.262 e. The third-order valence-electron chi connectivity index (χ3n) is 2.60. The van der Waals surface area contributed by atoms with E-state index in [1.807, 2.05) is 27.7 Å². The van der Waals surface area contributed by atoms with Crippen molar-refractivity contribution in [2.75, 3.05) is 0 Å². The zero-order valence-corrected chi connectivity index (χ0v) is 12.5. The molecule has 1 heterocycles. The average Bonchev–Trinajstić information content (AvgIpc) is 2.24. The lowest BCUT2D eigenvalue weighted by Crippen LogP contribution is -2.14. The van der Waals surface area contributed by atoms with Crippen molar-refractivity contribution >= 4 is 10.9 Å². The van der Waals surface area contributed by atoms with Gasteiger partial charge < -0.3 is 14.5 Å². The molecule has 0 spiro atoms. The van der Waals surface area contributed by atoms with E-state index < -0.39 is 0 Å². The molecule has 0 fully saturated rings.